The van der Waals surface area contributed by atoms with Gasteiger partial charge in [0.1, 0.15) is 0 Å². The quantitative estimate of drug-likeness (QED) is 0.865. The number of hydrogen-bond acceptors (Lipinski definition) is 3. The van der Waals surface area contributed by atoms with Crippen LogP contribution >= 0.6 is 11.6 Å². The molecule has 0 fully saturated rings. The van der Waals surface area contributed by atoms with Gasteiger partial charge >= 0.3 is 0 Å². The summed E-state index contributed by atoms with van der Waals surface area (Å²) in [6, 6.07) is 5.87. The van der Waals surface area contributed by atoms with Crippen LogP contribution in [0.4, 0.5) is 5.88 Å². The van der Waals surface area contributed by atoms with Crippen molar-refractivity contribution in [2.75, 3.05) is 5.73 Å². The Morgan fingerprint density at radius 1 is 1.38 bits per heavy atom. The minimum Gasteiger partial charge on any atom is -0.367 e. The van der Waals surface area contributed by atoms with Gasteiger partial charge in [-0.3, -0.25) is 0 Å². The molecule has 0 atom stereocenters. The summed E-state index contributed by atoms with van der Waals surface area (Å²) in [7, 11) is 0. The number of nitrogen functional groups attached to an aromatic ring is 1. The zero-order valence-electron chi connectivity index (χ0n) is 9.20. The first-order chi connectivity index (χ1) is 7.59. The van der Waals surface area contributed by atoms with Crippen LogP contribution in [0.15, 0.2) is 28.9 Å². The maximum absolute atomic E-state index is 6.20. The molecule has 2 aromatic rings. The molecule has 0 amide bonds. The molecular weight excluding hydrogens is 224 g/mol. The van der Waals surface area contributed by atoms with E-state index < -0.39 is 0 Å². The van der Waals surface area contributed by atoms with Gasteiger partial charge in [0.2, 0.25) is 5.88 Å². The summed E-state index contributed by atoms with van der Waals surface area (Å²) in [5.74, 6) is 0.717. The average Bonchev–Trinajstić information content (AvgIpc) is 2.63. The fraction of sp³-hybridized carbons (Fsp3) is 0.250. The highest BCUT2D eigenvalue weighted by Crippen LogP contribution is 2.31. The number of anilines is 1. The zero-order chi connectivity index (χ0) is 11.7. The van der Waals surface area contributed by atoms with Gasteiger partial charge in [-0.1, -0.05) is 42.7 Å². The molecule has 0 saturated carbocycles. The number of nitrogens with zero attached hydrogens (tertiary/aromatic N) is 1. The van der Waals surface area contributed by atoms with Crippen LogP contribution in [0.5, 0.6) is 0 Å². The van der Waals surface area contributed by atoms with Crippen molar-refractivity contribution in [3.05, 3.63) is 35.0 Å². The molecule has 0 saturated heterocycles. The lowest BCUT2D eigenvalue weighted by atomic mass is 10.00. The van der Waals surface area contributed by atoms with Crippen LogP contribution < -0.4 is 5.73 Å². The third kappa shape index (κ3) is 1.91. The second-order valence-corrected chi connectivity index (χ2v) is 4.40. The average molecular weight is 237 g/mol. The highest BCUT2D eigenvalue weighted by Gasteiger charge is 2.10. The van der Waals surface area contributed by atoms with E-state index >= 15 is 0 Å². The van der Waals surface area contributed by atoms with E-state index in [-0.39, 0.29) is 0 Å². The molecule has 1 heterocycles. The lowest BCUT2D eigenvalue weighted by molar-refractivity contribution is 0.436. The molecule has 0 aliphatic carbocycles. The first kappa shape index (κ1) is 11.0. The van der Waals surface area contributed by atoms with Crippen molar-refractivity contribution >= 4 is 17.5 Å². The van der Waals surface area contributed by atoms with Gasteiger partial charge in [-0.2, -0.15) is 0 Å². The molecule has 0 radical (unpaired) electrons. The summed E-state index contributed by atoms with van der Waals surface area (Å²) < 4.78 is 4.82. The molecule has 3 nitrogen and oxygen atoms in total. The molecule has 0 aliphatic heterocycles. The first-order valence-corrected chi connectivity index (χ1v) is 5.47. The van der Waals surface area contributed by atoms with Crippen molar-refractivity contribution in [2.24, 2.45) is 0 Å². The molecule has 1 aromatic carbocycles. The summed E-state index contributed by atoms with van der Waals surface area (Å²) in [4.78, 5) is 0. The maximum atomic E-state index is 6.20. The van der Waals surface area contributed by atoms with Crippen LogP contribution in [0.3, 0.4) is 0 Å². The van der Waals surface area contributed by atoms with Crippen LogP contribution in [-0.2, 0) is 0 Å². The Bertz CT molecular complexity index is 505. The topological polar surface area (TPSA) is 52.0 Å². The normalized spacial score (nSPS) is 11.0. The van der Waals surface area contributed by atoms with E-state index in [0.29, 0.717) is 11.8 Å². The lowest BCUT2D eigenvalue weighted by Crippen LogP contribution is -1.90. The Morgan fingerprint density at radius 3 is 2.62 bits per heavy atom. The Kier molecular flexibility index (Phi) is 2.88. The van der Waals surface area contributed by atoms with Gasteiger partial charge < -0.3 is 10.3 Å². The molecule has 0 unspecified atom stereocenters. The van der Waals surface area contributed by atoms with Gasteiger partial charge in [-0.25, -0.2) is 0 Å². The molecule has 0 bridgehead atoms. The lowest BCUT2D eigenvalue weighted by Gasteiger charge is -2.09. The molecule has 1 aromatic heterocycles. The number of rotatable bonds is 2. The highest BCUT2D eigenvalue weighted by molar-refractivity contribution is 6.31. The zero-order valence-corrected chi connectivity index (χ0v) is 9.95. The Labute approximate surface area is 99.2 Å². The molecule has 2 N–H and O–H groups in total. The number of benzene rings is 1. The van der Waals surface area contributed by atoms with Gasteiger partial charge in [0.25, 0.3) is 0 Å². The van der Waals surface area contributed by atoms with Crippen molar-refractivity contribution in [3.63, 3.8) is 0 Å². The minimum absolute atomic E-state index is 0.313. The summed E-state index contributed by atoms with van der Waals surface area (Å²) in [6.45, 7) is 4.21. The van der Waals surface area contributed by atoms with E-state index in [1.165, 1.54) is 0 Å². The molecular formula is C12H13ClN2O. The summed E-state index contributed by atoms with van der Waals surface area (Å²) >= 11 is 6.20. The van der Waals surface area contributed by atoms with E-state index in [4.69, 9.17) is 21.9 Å². The van der Waals surface area contributed by atoms with Crippen LogP contribution in [0.1, 0.15) is 25.3 Å². The molecule has 2 rings (SSSR count). The summed E-state index contributed by atoms with van der Waals surface area (Å²) in [5, 5.41) is 4.39. The summed E-state index contributed by atoms with van der Waals surface area (Å²) in [6.07, 6.45) is 1.59. The van der Waals surface area contributed by atoms with E-state index in [1.807, 2.05) is 18.2 Å². The predicted octanol–water partition coefficient (Wildman–Crippen LogP) is 3.70. The number of halogens is 1. The van der Waals surface area contributed by atoms with Crippen molar-refractivity contribution in [2.45, 2.75) is 19.8 Å². The Balaban J connectivity index is 2.46. The SMILES string of the molecule is CC(C)c1ccc(-c2cnoc2N)cc1Cl. The standard InChI is InChI=1S/C12H13ClN2O/c1-7(2)9-4-3-8(5-11(9)13)10-6-15-16-12(10)14/h3-7H,14H2,1-2H3. The number of hydrogen-bond donors (Lipinski definition) is 1. The number of nitrogens with two attached hydrogens (primary N) is 1. The fourth-order valence-electron chi connectivity index (χ4n) is 1.63. The minimum atomic E-state index is 0.313. The first-order valence-electron chi connectivity index (χ1n) is 5.09. The largest absolute Gasteiger partial charge is 0.367 e. The third-order valence-electron chi connectivity index (χ3n) is 2.53. The second kappa shape index (κ2) is 4.18. The van der Waals surface area contributed by atoms with Crippen molar-refractivity contribution in [1.82, 2.24) is 5.16 Å². The van der Waals surface area contributed by atoms with Gasteiger partial charge in [0, 0.05) is 5.02 Å². The van der Waals surface area contributed by atoms with Crippen molar-refractivity contribution in [3.8, 4) is 11.1 Å². The molecule has 84 valence electrons. The van der Waals surface area contributed by atoms with Crippen molar-refractivity contribution in [1.29, 1.82) is 0 Å². The maximum Gasteiger partial charge on any atom is 0.229 e. The van der Waals surface area contributed by atoms with Crippen LogP contribution in [-0.4, -0.2) is 5.16 Å². The molecule has 16 heavy (non-hydrogen) atoms. The van der Waals surface area contributed by atoms with Gasteiger partial charge in [0.15, 0.2) is 0 Å². The van der Waals surface area contributed by atoms with Crippen LogP contribution in [0.2, 0.25) is 5.02 Å². The van der Waals surface area contributed by atoms with Crippen molar-refractivity contribution < 1.29 is 4.52 Å². The van der Waals surface area contributed by atoms with E-state index in [2.05, 4.69) is 19.0 Å². The third-order valence-corrected chi connectivity index (χ3v) is 2.86. The van der Waals surface area contributed by atoms with Gasteiger partial charge in [0.05, 0.1) is 11.8 Å². The fourth-order valence-corrected chi connectivity index (χ4v) is 2.03. The smallest absolute Gasteiger partial charge is 0.229 e. The molecule has 4 heteroatoms. The van der Waals surface area contributed by atoms with Crippen LogP contribution in [0, 0.1) is 0 Å². The molecule has 0 spiro atoms. The van der Waals surface area contributed by atoms with E-state index in [0.717, 1.165) is 21.7 Å². The predicted molar refractivity (Wildman–Crippen MR) is 65.5 cm³/mol. The van der Waals surface area contributed by atoms with Crippen LogP contribution in [0.25, 0.3) is 11.1 Å². The van der Waals surface area contributed by atoms with E-state index in [9.17, 15) is 0 Å². The molecule has 0 aliphatic rings. The van der Waals surface area contributed by atoms with E-state index in [1.54, 1.807) is 6.20 Å². The summed E-state index contributed by atoms with van der Waals surface area (Å²) in [5.41, 5.74) is 8.47. The Morgan fingerprint density at radius 2 is 2.12 bits per heavy atom. The highest BCUT2D eigenvalue weighted by atomic mass is 35.5. The second-order valence-electron chi connectivity index (χ2n) is 3.99. The van der Waals surface area contributed by atoms with Gasteiger partial charge in [-0.05, 0) is 23.1 Å². The number of aromatic nitrogens is 1. The monoisotopic (exact) mass is 236 g/mol. The van der Waals surface area contributed by atoms with Gasteiger partial charge in [-0.15, -0.1) is 0 Å². The Hall–Kier alpha value is -1.48.